The first-order chi connectivity index (χ1) is 14.6. The number of carbonyl (C=O) groups excluding carboxylic acids is 1. The van der Waals surface area contributed by atoms with Crippen LogP contribution in [0.3, 0.4) is 0 Å². The van der Waals surface area contributed by atoms with Crippen molar-refractivity contribution in [1.29, 1.82) is 0 Å². The number of benzene rings is 1. The first kappa shape index (κ1) is 19.4. The maximum absolute atomic E-state index is 12.9. The highest BCUT2D eigenvalue weighted by Gasteiger charge is 2.13. The zero-order chi connectivity index (χ0) is 20.9. The highest BCUT2D eigenvalue weighted by atomic mass is 19.1. The molecule has 0 saturated heterocycles. The zero-order valence-electron chi connectivity index (χ0n) is 16.3. The van der Waals surface area contributed by atoms with Crippen molar-refractivity contribution < 1.29 is 18.3 Å². The van der Waals surface area contributed by atoms with Crippen LogP contribution in [0.15, 0.2) is 65.6 Å². The maximum Gasteiger partial charge on any atom is 0.291 e. The first-order valence-corrected chi connectivity index (χ1v) is 9.41. The van der Waals surface area contributed by atoms with E-state index in [4.69, 9.17) is 9.15 Å². The molecular formula is C21H20FN5O3. The van der Waals surface area contributed by atoms with Crippen LogP contribution in [0.5, 0.6) is 5.75 Å². The van der Waals surface area contributed by atoms with E-state index in [0.717, 1.165) is 12.1 Å². The lowest BCUT2D eigenvalue weighted by atomic mass is 10.3. The largest absolute Gasteiger partial charge is 0.486 e. The molecule has 4 aromatic rings. The second kappa shape index (κ2) is 8.64. The Morgan fingerprint density at radius 1 is 1.10 bits per heavy atom. The van der Waals surface area contributed by atoms with Crippen molar-refractivity contribution in [2.24, 2.45) is 0 Å². The molecule has 0 fully saturated rings. The number of rotatable bonds is 8. The van der Waals surface area contributed by atoms with E-state index in [1.165, 1.54) is 24.3 Å². The lowest BCUT2D eigenvalue weighted by Crippen LogP contribution is -2.10. The molecule has 0 saturated carbocycles. The number of nitrogens with one attached hydrogen (secondary N) is 1. The summed E-state index contributed by atoms with van der Waals surface area (Å²) in [5.74, 6) is 0.425. The third-order valence-electron chi connectivity index (χ3n) is 4.33. The topological polar surface area (TPSA) is 87.1 Å². The van der Waals surface area contributed by atoms with Gasteiger partial charge in [0.2, 0.25) is 0 Å². The minimum Gasteiger partial charge on any atom is -0.486 e. The summed E-state index contributed by atoms with van der Waals surface area (Å²) in [7, 11) is 0. The van der Waals surface area contributed by atoms with Gasteiger partial charge in [-0.15, -0.1) is 0 Å². The highest BCUT2D eigenvalue weighted by molar-refractivity contribution is 6.02. The number of hydrogen-bond acceptors (Lipinski definition) is 5. The van der Waals surface area contributed by atoms with E-state index in [1.807, 2.05) is 17.8 Å². The number of aromatic nitrogens is 4. The number of hydrogen-bond donors (Lipinski definition) is 1. The van der Waals surface area contributed by atoms with Crippen molar-refractivity contribution in [1.82, 2.24) is 19.6 Å². The SMILES string of the molecule is CCn1cc(Cn2cc(NC(=O)c3ccc(COc4ccc(F)cc4)o3)cn2)cn1. The van der Waals surface area contributed by atoms with Gasteiger partial charge in [-0.25, -0.2) is 4.39 Å². The fraction of sp³-hybridized carbons (Fsp3) is 0.190. The van der Waals surface area contributed by atoms with Gasteiger partial charge in [-0.3, -0.25) is 14.2 Å². The molecule has 0 aliphatic carbocycles. The summed E-state index contributed by atoms with van der Waals surface area (Å²) in [5.41, 5.74) is 1.58. The first-order valence-electron chi connectivity index (χ1n) is 9.41. The van der Waals surface area contributed by atoms with Crippen molar-refractivity contribution in [2.75, 3.05) is 5.32 Å². The van der Waals surface area contributed by atoms with Crippen molar-refractivity contribution in [3.05, 3.63) is 84.1 Å². The Labute approximate surface area is 171 Å². The van der Waals surface area contributed by atoms with Crippen LogP contribution in [-0.2, 0) is 19.7 Å². The van der Waals surface area contributed by atoms with E-state index in [9.17, 15) is 9.18 Å². The number of carbonyl (C=O) groups is 1. The van der Waals surface area contributed by atoms with Crippen LogP contribution >= 0.6 is 0 Å². The van der Waals surface area contributed by atoms with Crippen LogP contribution in [0.1, 0.15) is 28.8 Å². The van der Waals surface area contributed by atoms with Crippen molar-refractivity contribution >= 4 is 11.6 Å². The number of nitrogens with zero attached hydrogens (tertiary/aromatic N) is 4. The Bertz CT molecular complexity index is 1130. The molecule has 0 aliphatic heterocycles. The molecule has 0 atom stereocenters. The quantitative estimate of drug-likeness (QED) is 0.479. The summed E-state index contributed by atoms with van der Waals surface area (Å²) in [4.78, 5) is 12.4. The Balaban J connectivity index is 1.32. The minimum atomic E-state index is -0.388. The molecule has 3 heterocycles. The number of furan rings is 1. The molecule has 154 valence electrons. The van der Waals surface area contributed by atoms with Crippen molar-refractivity contribution in [3.8, 4) is 5.75 Å². The van der Waals surface area contributed by atoms with Gasteiger partial charge in [-0.2, -0.15) is 10.2 Å². The normalized spacial score (nSPS) is 10.9. The number of anilines is 1. The zero-order valence-corrected chi connectivity index (χ0v) is 16.3. The Morgan fingerprint density at radius 3 is 2.67 bits per heavy atom. The van der Waals surface area contributed by atoms with E-state index in [2.05, 4.69) is 15.5 Å². The van der Waals surface area contributed by atoms with E-state index in [-0.39, 0.29) is 24.1 Å². The lowest BCUT2D eigenvalue weighted by molar-refractivity contribution is 0.0992. The van der Waals surface area contributed by atoms with Gasteiger partial charge >= 0.3 is 0 Å². The second-order valence-corrected chi connectivity index (χ2v) is 6.59. The smallest absolute Gasteiger partial charge is 0.291 e. The van der Waals surface area contributed by atoms with E-state index in [1.54, 1.807) is 35.4 Å². The van der Waals surface area contributed by atoms with Gasteiger partial charge in [0.15, 0.2) is 5.76 Å². The third kappa shape index (κ3) is 4.75. The molecule has 1 aromatic carbocycles. The Kier molecular flexibility index (Phi) is 5.60. The number of aryl methyl sites for hydroxylation is 1. The molecule has 4 rings (SSSR count). The van der Waals surface area contributed by atoms with Gasteiger partial charge in [0.05, 0.1) is 24.6 Å². The van der Waals surface area contributed by atoms with E-state index in [0.29, 0.717) is 23.7 Å². The molecular weight excluding hydrogens is 389 g/mol. The fourth-order valence-electron chi connectivity index (χ4n) is 2.82. The summed E-state index contributed by atoms with van der Waals surface area (Å²) in [5, 5.41) is 11.2. The average Bonchev–Trinajstić information content (AvgIpc) is 3.49. The van der Waals surface area contributed by atoms with Crippen LogP contribution in [0.4, 0.5) is 10.1 Å². The predicted octanol–water partition coefficient (Wildman–Crippen LogP) is 3.71. The van der Waals surface area contributed by atoms with Crippen LogP contribution in [-0.4, -0.2) is 25.5 Å². The van der Waals surface area contributed by atoms with Crippen molar-refractivity contribution in [2.45, 2.75) is 26.6 Å². The monoisotopic (exact) mass is 409 g/mol. The Hall–Kier alpha value is -3.88. The number of amides is 1. The molecule has 9 heteroatoms. The minimum absolute atomic E-state index is 0.127. The van der Waals surface area contributed by atoms with E-state index >= 15 is 0 Å². The lowest BCUT2D eigenvalue weighted by Gasteiger charge is -2.03. The van der Waals surface area contributed by atoms with E-state index < -0.39 is 0 Å². The van der Waals surface area contributed by atoms with Crippen LogP contribution in [0, 0.1) is 5.82 Å². The average molecular weight is 409 g/mol. The predicted molar refractivity (Wildman–Crippen MR) is 107 cm³/mol. The summed E-state index contributed by atoms with van der Waals surface area (Å²) in [6.07, 6.45) is 7.06. The third-order valence-corrected chi connectivity index (χ3v) is 4.33. The van der Waals surface area contributed by atoms with Gasteiger partial charge in [-0.05, 0) is 43.3 Å². The van der Waals surface area contributed by atoms with Gasteiger partial charge in [0.25, 0.3) is 5.91 Å². The molecule has 0 aliphatic rings. The molecule has 8 nitrogen and oxygen atoms in total. The Morgan fingerprint density at radius 2 is 1.90 bits per heavy atom. The summed E-state index contributed by atoms with van der Waals surface area (Å²) in [6, 6.07) is 8.90. The molecule has 1 N–H and O–H groups in total. The molecule has 3 aromatic heterocycles. The van der Waals surface area contributed by atoms with Gasteiger partial charge in [-0.1, -0.05) is 0 Å². The van der Waals surface area contributed by atoms with Crippen LogP contribution < -0.4 is 10.1 Å². The summed E-state index contributed by atoms with van der Waals surface area (Å²) in [6.45, 7) is 3.51. The fourth-order valence-corrected chi connectivity index (χ4v) is 2.82. The number of ether oxygens (including phenoxy) is 1. The summed E-state index contributed by atoms with van der Waals surface area (Å²) >= 11 is 0. The van der Waals surface area contributed by atoms with Crippen LogP contribution in [0.25, 0.3) is 0 Å². The molecule has 0 spiro atoms. The second-order valence-electron chi connectivity index (χ2n) is 6.59. The molecule has 0 radical (unpaired) electrons. The molecule has 0 unspecified atom stereocenters. The van der Waals surface area contributed by atoms with Gasteiger partial charge < -0.3 is 14.5 Å². The molecule has 1 amide bonds. The maximum atomic E-state index is 12.9. The number of halogens is 1. The summed E-state index contributed by atoms with van der Waals surface area (Å²) < 4.78 is 27.5. The van der Waals surface area contributed by atoms with Gasteiger partial charge in [0, 0.05) is 24.5 Å². The standard InChI is InChI=1S/C21H20FN5O3/c1-2-26-11-15(9-23-26)12-27-13-17(10-24-27)25-21(28)20-8-7-19(30-20)14-29-18-5-3-16(22)4-6-18/h3-11,13H,2,12,14H2,1H3,(H,25,28). The molecule has 30 heavy (non-hydrogen) atoms. The highest BCUT2D eigenvalue weighted by Crippen LogP contribution is 2.16. The van der Waals surface area contributed by atoms with Gasteiger partial charge in [0.1, 0.15) is 23.9 Å². The molecule has 0 bridgehead atoms. The van der Waals surface area contributed by atoms with Crippen molar-refractivity contribution in [3.63, 3.8) is 0 Å². The van der Waals surface area contributed by atoms with Crippen LogP contribution in [0.2, 0.25) is 0 Å².